The Kier molecular flexibility index (Phi) is 6.55. The highest BCUT2D eigenvalue weighted by atomic mass is 79.9. The Balaban J connectivity index is 1.52. The molecule has 29 heavy (non-hydrogen) atoms. The first-order valence-corrected chi connectivity index (χ1v) is 9.22. The van der Waals surface area contributed by atoms with Crippen LogP contribution in [0.3, 0.4) is 0 Å². The summed E-state index contributed by atoms with van der Waals surface area (Å²) in [6.07, 6.45) is 1.45. The Bertz CT molecular complexity index is 963. The molecule has 0 unspecified atom stereocenters. The number of carbonyl (C=O) groups excluding carboxylic acids is 2. The molecule has 0 aromatic heterocycles. The SMILES string of the molecule is COc1cc(C=NNC(=O)CNC(=O)c2ccc3c(c2)OCO3)cc(Br)c1OC. The fourth-order valence-corrected chi connectivity index (χ4v) is 3.15. The van der Waals surface area contributed by atoms with Gasteiger partial charge in [-0.2, -0.15) is 5.10 Å². The molecule has 3 rings (SSSR count). The molecule has 2 aromatic carbocycles. The molecule has 0 saturated heterocycles. The van der Waals surface area contributed by atoms with Crippen molar-refractivity contribution in [3.63, 3.8) is 0 Å². The van der Waals surface area contributed by atoms with Crippen molar-refractivity contribution in [2.45, 2.75) is 0 Å². The van der Waals surface area contributed by atoms with Gasteiger partial charge in [-0.3, -0.25) is 9.59 Å². The third-order valence-corrected chi connectivity index (χ3v) is 4.49. The van der Waals surface area contributed by atoms with Crippen LogP contribution in [0, 0.1) is 0 Å². The first-order chi connectivity index (χ1) is 14.0. The highest BCUT2D eigenvalue weighted by Gasteiger charge is 2.16. The minimum atomic E-state index is -0.477. The van der Waals surface area contributed by atoms with Gasteiger partial charge >= 0.3 is 0 Å². The van der Waals surface area contributed by atoms with Crippen LogP contribution in [0.25, 0.3) is 0 Å². The van der Waals surface area contributed by atoms with E-state index in [9.17, 15) is 9.59 Å². The van der Waals surface area contributed by atoms with Crippen molar-refractivity contribution in [2.24, 2.45) is 5.10 Å². The maximum atomic E-state index is 12.2. The summed E-state index contributed by atoms with van der Waals surface area (Å²) in [5.74, 6) is 1.26. The molecule has 10 heteroatoms. The lowest BCUT2D eigenvalue weighted by Crippen LogP contribution is -2.34. The number of methoxy groups -OCH3 is 2. The third-order valence-electron chi connectivity index (χ3n) is 3.90. The second-order valence-electron chi connectivity index (χ2n) is 5.78. The van der Waals surface area contributed by atoms with Gasteiger partial charge < -0.3 is 24.3 Å². The van der Waals surface area contributed by atoms with E-state index >= 15 is 0 Å². The summed E-state index contributed by atoms with van der Waals surface area (Å²) >= 11 is 3.38. The highest BCUT2D eigenvalue weighted by molar-refractivity contribution is 9.10. The van der Waals surface area contributed by atoms with E-state index in [1.807, 2.05) is 0 Å². The van der Waals surface area contributed by atoms with Gasteiger partial charge in [-0.05, 0) is 51.8 Å². The van der Waals surface area contributed by atoms with Crippen molar-refractivity contribution >= 4 is 34.0 Å². The van der Waals surface area contributed by atoms with Crippen LogP contribution in [0.5, 0.6) is 23.0 Å². The van der Waals surface area contributed by atoms with Crippen molar-refractivity contribution in [3.8, 4) is 23.0 Å². The van der Waals surface area contributed by atoms with E-state index in [0.717, 1.165) is 0 Å². The molecule has 2 amide bonds. The summed E-state index contributed by atoms with van der Waals surface area (Å²) in [6.45, 7) is -0.113. The zero-order valence-corrected chi connectivity index (χ0v) is 17.2. The molecule has 0 spiro atoms. The average Bonchev–Trinajstić information content (AvgIpc) is 3.19. The molecule has 2 aromatic rings. The quantitative estimate of drug-likeness (QED) is 0.480. The van der Waals surface area contributed by atoms with E-state index in [1.165, 1.54) is 20.4 Å². The predicted molar refractivity (Wildman–Crippen MR) is 108 cm³/mol. The lowest BCUT2D eigenvalue weighted by atomic mass is 10.2. The zero-order valence-electron chi connectivity index (χ0n) is 15.7. The molecule has 2 N–H and O–H groups in total. The minimum absolute atomic E-state index is 0.122. The van der Waals surface area contributed by atoms with Gasteiger partial charge in [0.1, 0.15) is 0 Å². The average molecular weight is 464 g/mol. The smallest absolute Gasteiger partial charge is 0.259 e. The van der Waals surface area contributed by atoms with Crippen LogP contribution in [0.15, 0.2) is 39.9 Å². The molecular formula is C19H18BrN3O6. The Morgan fingerprint density at radius 1 is 1.17 bits per heavy atom. The number of carbonyl (C=O) groups is 2. The van der Waals surface area contributed by atoms with Crippen molar-refractivity contribution in [2.75, 3.05) is 27.6 Å². The molecule has 0 aliphatic carbocycles. The second-order valence-corrected chi connectivity index (χ2v) is 6.64. The summed E-state index contributed by atoms with van der Waals surface area (Å²) in [6, 6.07) is 8.26. The van der Waals surface area contributed by atoms with Crippen LogP contribution >= 0.6 is 15.9 Å². The molecule has 152 valence electrons. The van der Waals surface area contributed by atoms with Gasteiger partial charge in [0.15, 0.2) is 23.0 Å². The number of amides is 2. The van der Waals surface area contributed by atoms with Crippen molar-refractivity contribution in [3.05, 3.63) is 45.9 Å². The minimum Gasteiger partial charge on any atom is -0.493 e. The normalized spacial score (nSPS) is 12.0. The third kappa shape index (κ3) is 4.96. The molecule has 0 radical (unpaired) electrons. The molecule has 1 aliphatic rings. The van der Waals surface area contributed by atoms with Crippen LogP contribution < -0.4 is 29.7 Å². The highest BCUT2D eigenvalue weighted by Crippen LogP contribution is 2.35. The molecular weight excluding hydrogens is 446 g/mol. The van der Waals surface area contributed by atoms with Crippen LogP contribution in [-0.4, -0.2) is 45.6 Å². The van der Waals surface area contributed by atoms with Crippen LogP contribution in [0.2, 0.25) is 0 Å². The standard InChI is InChI=1S/C19H18BrN3O6/c1-26-16-6-11(5-13(20)18(16)27-2)8-22-23-17(24)9-21-19(25)12-3-4-14-15(7-12)29-10-28-14/h3-8H,9-10H2,1-2H3,(H,21,25)(H,23,24). The van der Waals surface area contributed by atoms with Gasteiger partial charge in [0.2, 0.25) is 6.79 Å². The lowest BCUT2D eigenvalue weighted by molar-refractivity contribution is -0.120. The first-order valence-electron chi connectivity index (χ1n) is 8.43. The lowest BCUT2D eigenvalue weighted by Gasteiger charge is -2.10. The molecule has 0 saturated carbocycles. The Labute approximate surface area is 175 Å². The number of rotatable bonds is 7. The van der Waals surface area contributed by atoms with Crippen LogP contribution in [0.1, 0.15) is 15.9 Å². The van der Waals surface area contributed by atoms with Crippen LogP contribution in [0.4, 0.5) is 0 Å². The van der Waals surface area contributed by atoms with Gasteiger partial charge in [-0.25, -0.2) is 5.43 Å². The fourth-order valence-electron chi connectivity index (χ4n) is 2.53. The van der Waals surface area contributed by atoms with Gasteiger partial charge in [0.05, 0.1) is 31.5 Å². The van der Waals surface area contributed by atoms with Crippen molar-refractivity contribution < 1.29 is 28.5 Å². The van der Waals surface area contributed by atoms with E-state index < -0.39 is 11.8 Å². The number of nitrogens with one attached hydrogen (secondary N) is 2. The Morgan fingerprint density at radius 3 is 2.72 bits per heavy atom. The topological polar surface area (TPSA) is 107 Å². The zero-order chi connectivity index (χ0) is 20.8. The summed E-state index contributed by atoms with van der Waals surface area (Å²) in [5.41, 5.74) is 3.39. The molecule has 0 atom stereocenters. The molecule has 0 bridgehead atoms. The van der Waals surface area contributed by atoms with Gasteiger partial charge in [0.25, 0.3) is 11.8 Å². The maximum absolute atomic E-state index is 12.2. The van der Waals surface area contributed by atoms with Gasteiger partial charge in [-0.1, -0.05) is 0 Å². The fraction of sp³-hybridized carbons (Fsp3) is 0.211. The number of fused-ring (bicyclic) bond motifs is 1. The predicted octanol–water partition coefficient (Wildman–Crippen LogP) is 2.08. The molecule has 9 nitrogen and oxygen atoms in total. The number of hydrazone groups is 1. The van der Waals surface area contributed by atoms with Crippen molar-refractivity contribution in [1.29, 1.82) is 0 Å². The number of ether oxygens (including phenoxy) is 4. The summed E-state index contributed by atoms with van der Waals surface area (Å²) in [4.78, 5) is 24.1. The summed E-state index contributed by atoms with van der Waals surface area (Å²) in [5, 5.41) is 6.40. The summed E-state index contributed by atoms with van der Waals surface area (Å²) < 4.78 is 21.6. The largest absolute Gasteiger partial charge is 0.493 e. The van der Waals surface area contributed by atoms with E-state index in [0.29, 0.717) is 38.6 Å². The van der Waals surface area contributed by atoms with Gasteiger partial charge in [-0.15, -0.1) is 0 Å². The van der Waals surface area contributed by atoms with E-state index in [1.54, 1.807) is 30.3 Å². The number of benzene rings is 2. The number of hydrogen-bond donors (Lipinski definition) is 2. The molecule has 1 aliphatic heterocycles. The molecule has 1 heterocycles. The van der Waals surface area contributed by atoms with E-state index in [4.69, 9.17) is 18.9 Å². The second kappa shape index (κ2) is 9.28. The number of nitrogens with zero attached hydrogens (tertiary/aromatic N) is 1. The van der Waals surface area contributed by atoms with Crippen LogP contribution in [-0.2, 0) is 4.79 Å². The first kappa shape index (κ1) is 20.5. The molecule has 0 fully saturated rings. The maximum Gasteiger partial charge on any atom is 0.259 e. The van der Waals surface area contributed by atoms with Crippen molar-refractivity contribution in [1.82, 2.24) is 10.7 Å². The Hall–Kier alpha value is -3.27. The number of halogens is 1. The van der Waals surface area contributed by atoms with E-state index in [2.05, 4.69) is 31.8 Å². The Morgan fingerprint density at radius 2 is 1.97 bits per heavy atom. The monoisotopic (exact) mass is 463 g/mol. The van der Waals surface area contributed by atoms with Gasteiger partial charge in [0, 0.05) is 5.56 Å². The summed E-state index contributed by atoms with van der Waals surface area (Å²) in [7, 11) is 3.06. The van der Waals surface area contributed by atoms with E-state index in [-0.39, 0.29) is 13.3 Å². The number of hydrogen-bond acceptors (Lipinski definition) is 7.